The van der Waals surface area contributed by atoms with Crippen LogP contribution in [-0.2, 0) is 9.59 Å². The van der Waals surface area contributed by atoms with E-state index in [1.165, 1.54) is 12.1 Å². The van der Waals surface area contributed by atoms with Crippen LogP contribution in [0.3, 0.4) is 0 Å². The average Bonchev–Trinajstić information content (AvgIpc) is 2.62. The molecule has 0 aliphatic rings. The van der Waals surface area contributed by atoms with E-state index in [4.69, 9.17) is 0 Å². The van der Waals surface area contributed by atoms with E-state index in [0.29, 0.717) is 0 Å². The van der Waals surface area contributed by atoms with Crippen molar-refractivity contribution in [3.63, 3.8) is 0 Å². The Balaban J connectivity index is 2.78. The zero-order valence-corrected chi connectivity index (χ0v) is 6.88. The van der Waals surface area contributed by atoms with Gasteiger partial charge < -0.3 is 4.42 Å². The molecular formula is C8H5NO5. The van der Waals surface area contributed by atoms with Gasteiger partial charge in [-0.25, -0.2) is 0 Å². The predicted molar refractivity (Wildman–Crippen MR) is 45.5 cm³/mol. The highest BCUT2D eigenvalue weighted by molar-refractivity contribution is 6.31. The van der Waals surface area contributed by atoms with Crippen LogP contribution >= 0.6 is 0 Å². The number of allylic oxidation sites excluding steroid dienone is 1. The van der Waals surface area contributed by atoms with Gasteiger partial charge in [-0.05, 0) is 18.2 Å². The molecule has 0 aliphatic heterocycles. The molecule has 0 amide bonds. The second-order valence-corrected chi connectivity index (χ2v) is 2.29. The minimum Gasteiger partial charge on any atom is -0.401 e. The van der Waals surface area contributed by atoms with E-state index in [9.17, 15) is 19.7 Å². The third kappa shape index (κ3) is 2.37. The number of rotatable bonds is 4. The Bertz CT molecular complexity index is 404. The molecule has 0 aliphatic carbocycles. The number of furan rings is 1. The smallest absolute Gasteiger partial charge is 0.401 e. The Hall–Kier alpha value is -2.24. The zero-order valence-electron chi connectivity index (χ0n) is 6.88. The molecule has 1 rings (SSSR count). The molecule has 0 radical (unpaired) electrons. The molecule has 0 aromatic carbocycles. The summed E-state index contributed by atoms with van der Waals surface area (Å²) in [6, 6.07) is 2.48. The van der Waals surface area contributed by atoms with Crippen LogP contribution < -0.4 is 0 Å². The van der Waals surface area contributed by atoms with E-state index in [2.05, 4.69) is 4.42 Å². The summed E-state index contributed by atoms with van der Waals surface area (Å²) in [5.41, 5.74) is 0. The van der Waals surface area contributed by atoms with Crippen molar-refractivity contribution in [3.8, 4) is 0 Å². The van der Waals surface area contributed by atoms with Gasteiger partial charge in [0.2, 0.25) is 5.78 Å². The molecule has 0 unspecified atom stereocenters. The first-order valence-electron chi connectivity index (χ1n) is 3.55. The van der Waals surface area contributed by atoms with E-state index in [-0.39, 0.29) is 12.0 Å². The Morgan fingerprint density at radius 1 is 1.50 bits per heavy atom. The van der Waals surface area contributed by atoms with Gasteiger partial charge in [-0.2, -0.15) is 0 Å². The van der Waals surface area contributed by atoms with Crippen LogP contribution in [0.2, 0.25) is 0 Å². The van der Waals surface area contributed by atoms with E-state index < -0.39 is 16.6 Å². The number of nitrogens with zero attached hydrogens (tertiary/aromatic N) is 1. The van der Waals surface area contributed by atoms with Crippen molar-refractivity contribution < 1.29 is 18.9 Å². The van der Waals surface area contributed by atoms with Crippen LogP contribution in [0.25, 0.3) is 6.08 Å². The Morgan fingerprint density at radius 2 is 2.21 bits per heavy atom. The predicted octanol–water partition coefficient (Wildman–Crippen LogP) is 0.969. The van der Waals surface area contributed by atoms with Crippen molar-refractivity contribution in [1.82, 2.24) is 0 Å². The minimum absolute atomic E-state index is 0.133. The summed E-state index contributed by atoms with van der Waals surface area (Å²) in [5, 5.41) is 10.2. The third-order valence-electron chi connectivity index (χ3n) is 1.32. The number of ketones is 1. The van der Waals surface area contributed by atoms with Gasteiger partial charge in [0.1, 0.15) is 10.7 Å². The standard InChI is InChI=1S/C8H5NO5/c10-5-6(11)1-2-7-3-4-8(14-7)9(12)13/h1-5H. The summed E-state index contributed by atoms with van der Waals surface area (Å²) < 4.78 is 4.69. The molecule has 0 fully saturated rings. The second-order valence-electron chi connectivity index (χ2n) is 2.29. The normalized spacial score (nSPS) is 10.3. The fourth-order valence-electron chi connectivity index (χ4n) is 0.733. The highest BCUT2D eigenvalue weighted by Gasteiger charge is 2.09. The van der Waals surface area contributed by atoms with E-state index in [1.54, 1.807) is 0 Å². The quantitative estimate of drug-likeness (QED) is 0.234. The van der Waals surface area contributed by atoms with Crippen LogP contribution in [0.4, 0.5) is 5.88 Å². The number of nitro groups is 1. The molecule has 1 aromatic heterocycles. The Labute approximate surface area is 78.0 Å². The molecule has 6 heteroatoms. The van der Waals surface area contributed by atoms with E-state index in [0.717, 1.165) is 12.1 Å². The molecule has 72 valence electrons. The molecule has 0 saturated heterocycles. The first-order chi connectivity index (χ1) is 6.63. The highest BCUT2D eigenvalue weighted by atomic mass is 16.6. The second kappa shape index (κ2) is 4.13. The molecule has 0 bridgehead atoms. The highest BCUT2D eigenvalue weighted by Crippen LogP contribution is 2.16. The summed E-state index contributed by atoms with van der Waals surface area (Å²) in [5.74, 6) is -1.00. The van der Waals surface area contributed by atoms with Crippen LogP contribution in [0.15, 0.2) is 22.6 Å². The minimum atomic E-state index is -0.732. The van der Waals surface area contributed by atoms with Gasteiger partial charge in [0, 0.05) is 0 Å². The Morgan fingerprint density at radius 3 is 2.71 bits per heavy atom. The summed E-state index contributed by atoms with van der Waals surface area (Å²) in [6.07, 6.45) is 2.28. The fourth-order valence-corrected chi connectivity index (χ4v) is 0.733. The lowest BCUT2D eigenvalue weighted by Crippen LogP contribution is -1.90. The van der Waals surface area contributed by atoms with Crippen molar-refractivity contribution in [1.29, 1.82) is 0 Å². The van der Waals surface area contributed by atoms with Gasteiger partial charge >= 0.3 is 5.88 Å². The Kier molecular flexibility index (Phi) is 2.90. The van der Waals surface area contributed by atoms with Crippen molar-refractivity contribution in [3.05, 3.63) is 34.1 Å². The fraction of sp³-hybridized carbons (Fsp3) is 0. The first-order valence-corrected chi connectivity index (χ1v) is 3.55. The van der Waals surface area contributed by atoms with Crippen LogP contribution in [0.1, 0.15) is 5.76 Å². The van der Waals surface area contributed by atoms with Crippen molar-refractivity contribution in [2.45, 2.75) is 0 Å². The zero-order chi connectivity index (χ0) is 10.6. The lowest BCUT2D eigenvalue weighted by molar-refractivity contribution is -0.402. The van der Waals surface area contributed by atoms with E-state index in [1.807, 2.05) is 0 Å². The number of hydrogen-bond donors (Lipinski definition) is 0. The van der Waals surface area contributed by atoms with Gasteiger partial charge in [-0.3, -0.25) is 19.7 Å². The maximum atomic E-state index is 10.5. The lowest BCUT2D eigenvalue weighted by Gasteiger charge is -1.82. The van der Waals surface area contributed by atoms with Gasteiger partial charge in [0.25, 0.3) is 0 Å². The van der Waals surface area contributed by atoms with Crippen LogP contribution in [0, 0.1) is 10.1 Å². The molecule has 0 spiro atoms. The van der Waals surface area contributed by atoms with Gasteiger partial charge in [0.05, 0.1) is 6.07 Å². The topological polar surface area (TPSA) is 90.4 Å². The molecule has 1 heterocycles. The summed E-state index contributed by atoms with van der Waals surface area (Å²) in [4.78, 5) is 29.9. The van der Waals surface area contributed by atoms with Crippen LogP contribution in [-0.4, -0.2) is 17.0 Å². The molecule has 14 heavy (non-hydrogen) atoms. The van der Waals surface area contributed by atoms with Crippen molar-refractivity contribution in [2.24, 2.45) is 0 Å². The van der Waals surface area contributed by atoms with Crippen molar-refractivity contribution >= 4 is 24.0 Å². The monoisotopic (exact) mass is 195 g/mol. The molecule has 6 nitrogen and oxygen atoms in total. The number of hydrogen-bond acceptors (Lipinski definition) is 5. The molecule has 0 atom stereocenters. The molecule has 1 aromatic rings. The lowest BCUT2D eigenvalue weighted by atomic mass is 10.3. The number of aldehydes is 1. The maximum Gasteiger partial charge on any atom is 0.433 e. The average molecular weight is 195 g/mol. The summed E-state index contributed by atoms with van der Waals surface area (Å²) in [6.45, 7) is 0. The molecule has 0 saturated carbocycles. The SMILES string of the molecule is O=CC(=O)C=Cc1ccc([N+](=O)[O-])o1. The number of carbonyl (C=O) groups excluding carboxylic acids is 2. The largest absolute Gasteiger partial charge is 0.433 e. The van der Waals surface area contributed by atoms with Gasteiger partial charge in [0.15, 0.2) is 6.29 Å². The van der Waals surface area contributed by atoms with Crippen LogP contribution in [0.5, 0.6) is 0 Å². The number of carbonyl (C=O) groups is 2. The maximum absolute atomic E-state index is 10.5. The van der Waals surface area contributed by atoms with Gasteiger partial charge in [-0.1, -0.05) is 0 Å². The third-order valence-corrected chi connectivity index (χ3v) is 1.32. The van der Waals surface area contributed by atoms with Gasteiger partial charge in [-0.15, -0.1) is 0 Å². The van der Waals surface area contributed by atoms with Crippen molar-refractivity contribution in [2.75, 3.05) is 0 Å². The summed E-state index contributed by atoms with van der Waals surface area (Å²) >= 11 is 0. The first kappa shape index (κ1) is 9.85. The molecular weight excluding hydrogens is 190 g/mol. The molecule has 0 N–H and O–H groups in total. The van der Waals surface area contributed by atoms with E-state index >= 15 is 0 Å². The summed E-state index contributed by atoms with van der Waals surface area (Å²) in [7, 11) is 0.